The topological polar surface area (TPSA) is 55.1 Å². The van der Waals surface area contributed by atoms with Gasteiger partial charge in [0.05, 0.1) is 5.69 Å². The highest BCUT2D eigenvalue weighted by molar-refractivity contribution is 5.95. The van der Waals surface area contributed by atoms with Gasteiger partial charge < -0.3 is 11.1 Å². The van der Waals surface area contributed by atoms with E-state index in [1.165, 1.54) is 25.0 Å². The average molecular weight is 248 g/mol. The van der Waals surface area contributed by atoms with Crippen molar-refractivity contribution in [1.29, 1.82) is 0 Å². The molecule has 2 unspecified atom stereocenters. The molecule has 0 saturated heterocycles. The molecule has 3 nitrogen and oxygen atoms in total. The second-order valence-electron chi connectivity index (χ2n) is 5.37. The van der Waals surface area contributed by atoms with Gasteiger partial charge in [-0.15, -0.1) is 0 Å². The second-order valence-corrected chi connectivity index (χ2v) is 5.37. The number of nitrogens with two attached hydrogens (primary N) is 1. The van der Waals surface area contributed by atoms with Crippen molar-refractivity contribution in [1.82, 2.24) is 0 Å². The van der Waals surface area contributed by atoms with Crippen LogP contribution in [0.25, 0.3) is 0 Å². The summed E-state index contributed by atoms with van der Waals surface area (Å²) in [5.41, 5.74) is 6.07. The first-order valence-electron chi connectivity index (χ1n) is 6.52. The summed E-state index contributed by atoms with van der Waals surface area (Å²) in [5.74, 6) is 0.679. The highest BCUT2D eigenvalue weighted by atomic mass is 19.1. The molecule has 1 aromatic rings. The first kappa shape index (κ1) is 11.5. The van der Waals surface area contributed by atoms with Crippen LogP contribution < -0.4 is 11.1 Å². The van der Waals surface area contributed by atoms with Crippen molar-refractivity contribution < 1.29 is 9.18 Å². The molecule has 1 amide bonds. The van der Waals surface area contributed by atoms with Crippen molar-refractivity contribution in [3.05, 3.63) is 24.0 Å². The molecule has 0 aromatic heterocycles. The number of nitrogens with one attached hydrogen (secondary N) is 1. The summed E-state index contributed by atoms with van der Waals surface area (Å²) in [5, 5.41) is 2.69. The Hall–Kier alpha value is -1.58. The lowest BCUT2D eigenvalue weighted by Gasteiger charge is -2.06. The summed E-state index contributed by atoms with van der Waals surface area (Å²) in [4.78, 5) is 12.1. The number of carbonyl (C=O) groups is 1. The number of benzene rings is 1. The SMILES string of the molecule is Nc1ccc(NC(=O)C2C3CCCCC32)c(F)c1. The van der Waals surface area contributed by atoms with Crippen LogP contribution in [0.15, 0.2) is 18.2 Å². The Morgan fingerprint density at radius 2 is 1.94 bits per heavy atom. The summed E-state index contributed by atoms with van der Waals surface area (Å²) in [6, 6.07) is 4.35. The van der Waals surface area contributed by atoms with Crippen LogP contribution in [-0.2, 0) is 4.79 Å². The molecule has 3 rings (SSSR count). The molecule has 0 bridgehead atoms. The van der Waals surface area contributed by atoms with Crippen molar-refractivity contribution in [3.8, 4) is 0 Å². The minimum absolute atomic E-state index is 0.0319. The van der Waals surface area contributed by atoms with Crippen LogP contribution >= 0.6 is 0 Å². The van der Waals surface area contributed by atoms with Crippen molar-refractivity contribution in [3.63, 3.8) is 0 Å². The van der Waals surface area contributed by atoms with Crippen molar-refractivity contribution in [2.24, 2.45) is 17.8 Å². The molecule has 0 heterocycles. The van der Waals surface area contributed by atoms with Crippen LogP contribution in [0, 0.1) is 23.6 Å². The van der Waals surface area contributed by atoms with Crippen LogP contribution in [0.1, 0.15) is 25.7 Å². The van der Waals surface area contributed by atoms with Gasteiger partial charge in [0, 0.05) is 11.6 Å². The third-order valence-electron chi connectivity index (χ3n) is 4.21. The lowest BCUT2D eigenvalue weighted by Crippen LogP contribution is -2.16. The highest BCUT2D eigenvalue weighted by Crippen LogP contribution is 2.55. The lowest BCUT2D eigenvalue weighted by atomic mass is 10.0. The van der Waals surface area contributed by atoms with E-state index in [0.29, 0.717) is 17.5 Å². The number of rotatable bonds is 2. The van der Waals surface area contributed by atoms with Crippen molar-refractivity contribution in [2.45, 2.75) is 25.7 Å². The van der Waals surface area contributed by atoms with Crippen molar-refractivity contribution in [2.75, 3.05) is 11.1 Å². The first-order chi connectivity index (χ1) is 8.66. The molecule has 2 fully saturated rings. The Morgan fingerprint density at radius 3 is 2.56 bits per heavy atom. The molecule has 0 spiro atoms. The van der Waals surface area contributed by atoms with E-state index >= 15 is 0 Å². The Bertz CT molecular complexity index is 477. The number of anilines is 2. The molecular formula is C14H17FN2O. The summed E-state index contributed by atoms with van der Waals surface area (Å²) in [7, 11) is 0. The summed E-state index contributed by atoms with van der Waals surface area (Å²) >= 11 is 0. The van der Waals surface area contributed by atoms with E-state index in [2.05, 4.69) is 5.32 Å². The van der Waals surface area contributed by atoms with Crippen LogP contribution in [0.2, 0.25) is 0 Å². The molecule has 0 radical (unpaired) electrons. The molecule has 4 heteroatoms. The van der Waals surface area contributed by atoms with Crippen LogP contribution in [0.4, 0.5) is 15.8 Å². The molecule has 0 aliphatic heterocycles. The number of amides is 1. The van der Waals surface area contributed by atoms with Crippen LogP contribution in [0.5, 0.6) is 0 Å². The number of hydrogen-bond donors (Lipinski definition) is 2. The minimum atomic E-state index is -0.466. The Kier molecular flexibility index (Phi) is 2.73. The zero-order valence-corrected chi connectivity index (χ0v) is 10.2. The maximum absolute atomic E-state index is 13.6. The zero-order chi connectivity index (χ0) is 12.7. The molecular weight excluding hydrogens is 231 g/mol. The fraction of sp³-hybridized carbons (Fsp3) is 0.500. The quantitative estimate of drug-likeness (QED) is 0.791. The number of fused-ring (bicyclic) bond motifs is 1. The molecule has 1 aromatic carbocycles. The molecule has 18 heavy (non-hydrogen) atoms. The van der Waals surface area contributed by atoms with Gasteiger partial charge in [-0.25, -0.2) is 4.39 Å². The predicted octanol–water partition coefficient (Wildman–Crippen LogP) is 2.78. The lowest BCUT2D eigenvalue weighted by molar-refractivity contribution is -0.117. The zero-order valence-electron chi connectivity index (χ0n) is 10.2. The maximum atomic E-state index is 13.6. The van der Waals surface area contributed by atoms with E-state index < -0.39 is 5.82 Å². The molecule has 2 aliphatic rings. The molecule has 2 aliphatic carbocycles. The van der Waals surface area contributed by atoms with Gasteiger partial charge >= 0.3 is 0 Å². The summed E-state index contributed by atoms with van der Waals surface area (Å²) < 4.78 is 13.6. The first-order valence-corrected chi connectivity index (χ1v) is 6.52. The van der Waals surface area contributed by atoms with Gasteiger partial charge in [-0.05, 0) is 42.9 Å². The Balaban J connectivity index is 1.68. The van der Waals surface area contributed by atoms with Gasteiger partial charge in [-0.3, -0.25) is 4.79 Å². The number of carbonyl (C=O) groups excluding carboxylic acids is 1. The molecule has 2 atom stereocenters. The third kappa shape index (κ3) is 1.96. The molecule has 96 valence electrons. The van der Waals surface area contributed by atoms with E-state index in [1.54, 1.807) is 6.07 Å². The number of halogens is 1. The molecule has 2 saturated carbocycles. The third-order valence-corrected chi connectivity index (χ3v) is 4.21. The number of nitrogen functional groups attached to an aromatic ring is 1. The molecule has 3 N–H and O–H groups in total. The fourth-order valence-corrected chi connectivity index (χ4v) is 3.23. The minimum Gasteiger partial charge on any atom is -0.399 e. The van der Waals surface area contributed by atoms with Crippen LogP contribution in [0.3, 0.4) is 0 Å². The fourth-order valence-electron chi connectivity index (χ4n) is 3.23. The van der Waals surface area contributed by atoms with Gasteiger partial charge in [0.1, 0.15) is 5.82 Å². The highest BCUT2D eigenvalue weighted by Gasteiger charge is 2.54. The predicted molar refractivity (Wildman–Crippen MR) is 68.4 cm³/mol. The van der Waals surface area contributed by atoms with E-state index in [-0.39, 0.29) is 17.5 Å². The van der Waals surface area contributed by atoms with Gasteiger partial charge in [0.15, 0.2) is 0 Å². The Morgan fingerprint density at radius 1 is 1.28 bits per heavy atom. The van der Waals surface area contributed by atoms with E-state index in [9.17, 15) is 9.18 Å². The average Bonchev–Trinajstić information content (AvgIpc) is 3.07. The monoisotopic (exact) mass is 248 g/mol. The van der Waals surface area contributed by atoms with E-state index in [4.69, 9.17) is 5.73 Å². The maximum Gasteiger partial charge on any atom is 0.228 e. The summed E-state index contributed by atoms with van der Waals surface area (Å²) in [6.45, 7) is 0. The number of hydrogen-bond acceptors (Lipinski definition) is 2. The van der Waals surface area contributed by atoms with Gasteiger partial charge in [-0.2, -0.15) is 0 Å². The van der Waals surface area contributed by atoms with Crippen LogP contribution in [-0.4, -0.2) is 5.91 Å². The smallest absolute Gasteiger partial charge is 0.228 e. The Labute approximate surface area is 106 Å². The second kappa shape index (κ2) is 4.26. The summed E-state index contributed by atoms with van der Waals surface area (Å²) in [6.07, 6.45) is 4.74. The standard InChI is InChI=1S/C14H17FN2O/c15-11-7-8(16)5-6-12(11)17-14(18)13-9-3-1-2-4-10(9)13/h5-7,9-10,13H,1-4,16H2,(H,17,18). The van der Waals surface area contributed by atoms with Gasteiger partial charge in [-0.1, -0.05) is 12.8 Å². The van der Waals surface area contributed by atoms with Gasteiger partial charge in [0.25, 0.3) is 0 Å². The van der Waals surface area contributed by atoms with Crippen molar-refractivity contribution >= 4 is 17.3 Å². The van der Waals surface area contributed by atoms with Gasteiger partial charge in [0.2, 0.25) is 5.91 Å². The van der Waals surface area contributed by atoms with E-state index in [1.807, 2.05) is 0 Å². The largest absolute Gasteiger partial charge is 0.399 e. The normalized spacial score (nSPS) is 29.5. The van der Waals surface area contributed by atoms with E-state index in [0.717, 1.165) is 12.8 Å².